The van der Waals surface area contributed by atoms with Crippen LogP contribution in [0.4, 0.5) is 0 Å². The maximum absolute atomic E-state index is 12.2. The fourth-order valence-electron chi connectivity index (χ4n) is 2.32. The average Bonchev–Trinajstić information content (AvgIpc) is 2.42. The van der Waals surface area contributed by atoms with E-state index >= 15 is 0 Å². The zero-order valence-electron chi connectivity index (χ0n) is 11.7. The Morgan fingerprint density at radius 2 is 2.05 bits per heavy atom. The third-order valence-electron chi connectivity index (χ3n) is 3.35. The molecule has 0 spiro atoms. The monoisotopic (exact) mass is 311 g/mol. The minimum atomic E-state index is -3.69. The fraction of sp³-hybridized carbons (Fsp3) is 0.462. The lowest BCUT2D eigenvalue weighted by atomic mass is 9.73. The number of Topliss-reactive ketones (excluding diaryl/α,β-unsaturated/α-hetero) is 1. The number of hydrogen-bond donors (Lipinski definition) is 2. The van der Waals surface area contributed by atoms with E-state index in [9.17, 15) is 18.2 Å². The summed E-state index contributed by atoms with van der Waals surface area (Å²) >= 11 is 0. The summed E-state index contributed by atoms with van der Waals surface area (Å²) in [5.74, 6) is -0.728. The molecule has 0 aliphatic carbocycles. The van der Waals surface area contributed by atoms with Gasteiger partial charge in [-0.2, -0.15) is 0 Å². The van der Waals surface area contributed by atoms with Crippen molar-refractivity contribution < 1.29 is 22.9 Å². The molecule has 0 bridgehead atoms. The van der Waals surface area contributed by atoms with Gasteiger partial charge in [0.1, 0.15) is 5.78 Å². The number of hydrogen-bond acceptors (Lipinski definition) is 5. The Balaban J connectivity index is 2.00. The first-order chi connectivity index (χ1) is 9.88. The molecule has 1 aromatic rings. The molecule has 1 aromatic carbocycles. The van der Waals surface area contributed by atoms with Crippen LogP contribution in [0.5, 0.6) is 0 Å². The highest BCUT2D eigenvalue weighted by molar-refractivity contribution is 7.89. The number of rotatable bonds is 5. The second-order valence-electron chi connectivity index (χ2n) is 5.17. The first-order valence-electron chi connectivity index (χ1n) is 6.79. The van der Waals surface area contributed by atoms with Crippen LogP contribution in [0.15, 0.2) is 35.2 Å². The van der Waals surface area contributed by atoms with Gasteiger partial charge in [0.25, 0.3) is 0 Å². The van der Waals surface area contributed by atoms with Crippen molar-refractivity contribution in [3.63, 3.8) is 0 Å². The molecule has 1 saturated heterocycles. The van der Waals surface area contributed by atoms with E-state index in [-0.39, 0.29) is 23.2 Å². The van der Waals surface area contributed by atoms with Gasteiger partial charge in [-0.3, -0.25) is 4.79 Å². The Morgan fingerprint density at radius 1 is 1.38 bits per heavy atom. The minimum absolute atomic E-state index is 0.0180. The molecule has 0 amide bonds. The minimum Gasteiger partial charge on any atom is -0.426 e. The highest BCUT2D eigenvalue weighted by Gasteiger charge is 2.37. The molecule has 0 radical (unpaired) electrons. The molecular formula is C13H18BNO5S. The van der Waals surface area contributed by atoms with Crippen molar-refractivity contribution in [2.75, 3.05) is 0 Å². The van der Waals surface area contributed by atoms with Gasteiger partial charge in [0.15, 0.2) is 0 Å². The van der Waals surface area contributed by atoms with Crippen molar-refractivity contribution >= 4 is 22.9 Å². The van der Waals surface area contributed by atoms with E-state index in [1.807, 2.05) is 0 Å². The normalized spacial score (nSPS) is 23.0. The summed E-state index contributed by atoms with van der Waals surface area (Å²) in [6.07, 6.45) is 0.828. The lowest BCUT2D eigenvalue weighted by molar-refractivity contribution is -0.118. The summed E-state index contributed by atoms with van der Waals surface area (Å²) in [5.41, 5.74) is 0. The number of benzene rings is 1. The van der Waals surface area contributed by atoms with E-state index < -0.39 is 23.1 Å². The molecule has 2 rings (SSSR count). The van der Waals surface area contributed by atoms with E-state index in [1.165, 1.54) is 19.1 Å². The van der Waals surface area contributed by atoms with Crippen LogP contribution in [0, 0.1) is 0 Å². The quantitative estimate of drug-likeness (QED) is 0.773. The molecule has 8 heteroatoms. The highest BCUT2D eigenvalue weighted by Crippen LogP contribution is 2.20. The lowest BCUT2D eigenvalue weighted by Gasteiger charge is -2.31. The third kappa shape index (κ3) is 4.37. The molecule has 21 heavy (non-hydrogen) atoms. The van der Waals surface area contributed by atoms with Crippen LogP contribution in [0.3, 0.4) is 0 Å². The first kappa shape index (κ1) is 16.2. The van der Waals surface area contributed by atoms with Gasteiger partial charge < -0.3 is 9.68 Å². The van der Waals surface area contributed by atoms with E-state index in [4.69, 9.17) is 4.65 Å². The first-order valence-corrected chi connectivity index (χ1v) is 8.27. The number of carbonyl (C=O) groups excluding carboxylic acids is 1. The SMILES string of the molecule is CC(=O)C[C@@H]1CC[C@H](NS(=O)(=O)c2ccccc2)B(O)O1. The van der Waals surface area contributed by atoms with Gasteiger partial charge in [0.2, 0.25) is 10.0 Å². The van der Waals surface area contributed by atoms with Crippen LogP contribution < -0.4 is 4.72 Å². The maximum atomic E-state index is 12.2. The Labute approximate surface area is 124 Å². The number of ketones is 1. The van der Waals surface area contributed by atoms with Crippen molar-refractivity contribution in [2.24, 2.45) is 0 Å². The van der Waals surface area contributed by atoms with Crippen LogP contribution in [-0.2, 0) is 19.5 Å². The van der Waals surface area contributed by atoms with Crippen molar-refractivity contribution in [3.8, 4) is 0 Å². The lowest BCUT2D eigenvalue weighted by Crippen LogP contribution is -2.52. The molecule has 2 N–H and O–H groups in total. The number of carbonyl (C=O) groups is 1. The highest BCUT2D eigenvalue weighted by atomic mass is 32.2. The summed E-state index contributed by atoms with van der Waals surface area (Å²) in [6.45, 7) is 1.46. The topological polar surface area (TPSA) is 92.7 Å². The standard InChI is InChI=1S/C13H18BNO5S/c1-10(16)9-11-7-8-13(14(17)20-11)15-21(18,19)12-5-3-2-4-6-12/h2-6,11,13,15,17H,7-9H2,1H3/t11-,13-/m0/s1. The van der Waals surface area contributed by atoms with Crippen LogP contribution >= 0.6 is 0 Å². The van der Waals surface area contributed by atoms with Gasteiger partial charge in [0.05, 0.1) is 10.8 Å². The van der Waals surface area contributed by atoms with E-state index in [2.05, 4.69) is 4.72 Å². The van der Waals surface area contributed by atoms with Crippen LogP contribution in [0.1, 0.15) is 26.2 Å². The molecule has 114 valence electrons. The van der Waals surface area contributed by atoms with Crippen LogP contribution in [0.25, 0.3) is 0 Å². The van der Waals surface area contributed by atoms with Gasteiger partial charge in [-0.05, 0) is 31.9 Å². The second-order valence-corrected chi connectivity index (χ2v) is 6.89. The summed E-state index contributed by atoms with van der Waals surface area (Å²) < 4.78 is 32.1. The smallest absolute Gasteiger partial charge is 0.426 e. The summed E-state index contributed by atoms with van der Waals surface area (Å²) in [4.78, 5) is 11.2. The molecule has 1 heterocycles. The Morgan fingerprint density at radius 3 is 2.62 bits per heavy atom. The predicted octanol–water partition coefficient (Wildman–Crippen LogP) is 0.511. The largest absolute Gasteiger partial charge is 0.473 e. The van der Waals surface area contributed by atoms with Crippen molar-refractivity contribution in [1.29, 1.82) is 0 Å². The Kier molecular flexibility index (Phi) is 5.15. The molecule has 0 aromatic heterocycles. The zero-order valence-corrected chi connectivity index (χ0v) is 12.5. The van der Waals surface area contributed by atoms with E-state index in [0.717, 1.165) is 0 Å². The molecule has 1 aliphatic heterocycles. The number of sulfonamides is 1. The van der Waals surface area contributed by atoms with Crippen molar-refractivity contribution in [2.45, 2.75) is 43.1 Å². The van der Waals surface area contributed by atoms with Gasteiger partial charge in [0, 0.05) is 12.5 Å². The van der Waals surface area contributed by atoms with Crippen LogP contribution in [0.2, 0.25) is 0 Å². The molecule has 1 fully saturated rings. The summed E-state index contributed by atoms with van der Waals surface area (Å²) in [6, 6.07) is 7.95. The Bertz CT molecular complexity index is 592. The van der Waals surface area contributed by atoms with Gasteiger partial charge >= 0.3 is 7.12 Å². The maximum Gasteiger partial charge on any atom is 0.473 e. The van der Waals surface area contributed by atoms with Gasteiger partial charge in [-0.1, -0.05) is 18.2 Å². The molecular weight excluding hydrogens is 293 g/mol. The molecule has 0 unspecified atom stereocenters. The van der Waals surface area contributed by atoms with Crippen molar-refractivity contribution in [3.05, 3.63) is 30.3 Å². The van der Waals surface area contributed by atoms with Gasteiger partial charge in [-0.25, -0.2) is 13.1 Å². The van der Waals surface area contributed by atoms with Crippen LogP contribution in [-0.4, -0.2) is 38.4 Å². The number of nitrogens with one attached hydrogen (secondary N) is 1. The average molecular weight is 311 g/mol. The van der Waals surface area contributed by atoms with Crippen molar-refractivity contribution in [1.82, 2.24) is 4.72 Å². The van der Waals surface area contributed by atoms with E-state index in [0.29, 0.717) is 12.8 Å². The molecule has 1 aliphatic rings. The van der Waals surface area contributed by atoms with Gasteiger partial charge in [-0.15, -0.1) is 0 Å². The fourth-order valence-corrected chi connectivity index (χ4v) is 3.61. The molecule has 2 atom stereocenters. The molecule has 6 nitrogen and oxygen atoms in total. The second kappa shape index (κ2) is 6.70. The molecule has 0 saturated carbocycles. The summed E-state index contributed by atoms with van der Waals surface area (Å²) in [7, 11) is -4.94. The third-order valence-corrected chi connectivity index (χ3v) is 4.86. The predicted molar refractivity (Wildman–Crippen MR) is 77.9 cm³/mol. The van der Waals surface area contributed by atoms with E-state index in [1.54, 1.807) is 18.2 Å². The zero-order chi connectivity index (χ0) is 15.5. The summed E-state index contributed by atoms with van der Waals surface area (Å²) in [5, 5.41) is 9.90. The Hall–Kier alpha value is -1.22.